The molecule has 4 nitrogen and oxygen atoms in total. The van der Waals surface area contributed by atoms with Gasteiger partial charge in [-0.05, 0) is 47.5 Å². The summed E-state index contributed by atoms with van der Waals surface area (Å²) in [6.07, 6.45) is 0. The Kier molecular flexibility index (Phi) is 5.67. The van der Waals surface area contributed by atoms with Crippen LogP contribution in [0.1, 0.15) is 20.7 Å². The molecule has 0 fully saturated rings. The van der Waals surface area contributed by atoms with E-state index in [9.17, 15) is 9.59 Å². The number of amides is 2. The largest absolute Gasteiger partial charge is 0.322 e. The lowest BCUT2D eigenvalue weighted by atomic mass is 9.94. The van der Waals surface area contributed by atoms with Crippen LogP contribution in [0, 0.1) is 0 Å². The zero-order valence-electron chi connectivity index (χ0n) is 16.2. The van der Waals surface area contributed by atoms with E-state index < -0.39 is 0 Å². The van der Waals surface area contributed by atoms with Gasteiger partial charge in [-0.15, -0.1) is 0 Å². The van der Waals surface area contributed by atoms with Crippen molar-refractivity contribution in [1.29, 1.82) is 0 Å². The van der Waals surface area contributed by atoms with Gasteiger partial charge in [0.15, 0.2) is 0 Å². The van der Waals surface area contributed by atoms with Crippen LogP contribution in [-0.2, 0) is 0 Å². The molecule has 30 heavy (non-hydrogen) atoms. The second-order valence-electron chi connectivity index (χ2n) is 6.73. The Balaban J connectivity index is 1.68. The quantitative estimate of drug-likeness (QED) is 0.447. The van der Waals surface area contributed by atoms with Crippen molar-refractivity contribution in [1.82, 2.24) is 0 Å². The van der Waals surface area contributed by atoms with Crippen molar-refractivity contribution in [2.75, 3.05) is 10.6 Å². The van der Waals surface area contributed by atoms with Crippen LogP contribution in [0.2, 0.25) is 0 Å². The molecule has 0 unspecified atom stereocenters. The Hall–Kier alpha value is -4.18. The molecule has 0 aromatic heterocycles. The minimum atomic E-state index is -0.227. The molecular formula is C26H20N2O2. The van der Waals surface area contributed by atoms with Gasteiger partial charge in [0.2, 0.25) is 0 Å². The highest BCUT2D eigenvalue weighted by Gasteiger charge is 2.18. The second-order valence-corrected chi connectivity index (χ2v) is 6.73. The molecule has 146 valence electrons. The Morgan fingerprint density at radius 1 is 0.433 bits per heavy atom. The lowest BCUT2D eigenvalue weighted by molar-refractivity contribution is 0.101. The number of para-hydroxylation sites is 2. The summed E-state index contributed by atoms with van der Waals surface area (Å²) < 4.78 is 0. The average Bonchev–Trinajstić information content (AvgIpc) is 2.80. The molecule has 4 aromatic rings. The van der Waals surface area contributed by atoms with Crippen LogP contribution < -0.4 is 10.6 Å². The fraction of sp³-hybridized carbons (Fsp3) is 0. The SMILES string of the molecule is O=C(Nc1ccccc1)c1ccccc1-c1ccccc1C(=O)Nc1ccccc1. The first-order chi connectivity index (χ1) is 14.7. The van der Waals surface area contributed by atoms with Crippen LogP contribution in [0.3, 0.4) is 0 Å². The topological polar surface area (TPSA) is 58.2 Å². The van der Waals surface area contributed by atoms with E-state index in [0.717, 1.165) is 0 Å². The van der Waals surface area contributed by atoms with E-state index >= 15 is 0 Å². The average molecular weight is 392 g/mol. The third-order valence-corrected chi connectivity index (χ3v) is 4.70. The summed E-state index contributed by atoms with van der Waals surface area (Å²) in [7, 11) is 0. The number of anilines is 2. The van der Waals surface area contributed by atoms with Gasteiger partial charge in [-0.1, -0.05) is 72.8 Å². The number of hydrogen-bond donors (Lipinski definition) is 2. The Labute approximate surface area is 175 Å². The zero-order valence-corrected chi connectivity index (χ0v) is 16.2. The first-order valence-corrected chi connectivity index (χ1v) is 9.63. The molecule has 0 saturated carbocycles. The molecule has 0 atom stereocenters. The van der Waals surface area contributed by atoms with Crippen molar-refractivity contribution in [2.24, 2.45) is 0 Å². The normalized spacial score (nSPS) is 10.3. The van der Waals surface area contributed by atoms with Crippen LogP contribution in [-0.4, -0.2) is 11.8 Å². The number of benzene rings is 4. The number of carbonyl (C=O) groups is 2. The molecule has 4 rings (SSSR count). The van der Waals surface area contributed by atoms with E-state index in [1.807, 2.05) is 97.1 Å². The maximum Gasteiger partial charge on any atom is 0.256 e. The maximum absolute atomic E-state index is 13.0. The zero-order chi connectivity index (χ0) is 20.8. The van der Waals surface area contributed by atoms with Crippen LogP contribution >= 0.6 is 0 Å². The van der Waals surface area contributed by atoms with Crippen molar-refractivity contribution >= 4 is 23.2 Å². The fourth-order valence-corrected chi connectivity index (χ4v) is 3.27. The minimum Gasteiger partial charge on any atom is -0.322 e. The van der Waals surface area contributed by atoms with Gasteiger partial charge in [-0.25, -0.2) is 0 Å². The molecule has 2 N–H and O–H groups in total. The molecule has 0 radical (unpaired) electrons. The first-order valence-electron chi connectivity index (χ1n) is 9.63. The number of carbonyl (C=O) groups excluding carboxylic acids is 2. The lowest BCUT2D eigenvalue weighted by Gasteiger charge is -2.14. The number of nitrogens with one attached hydrogen (secondary N) is 2. The van der Waals surface area contributed by atoms with Gasteiger partial charge in [0, 0.05) is 22.5 Å². The monoisotopic (exact) mass is 392 g/mol. The third-order valence-electron chi connectivity index (χ3n) is 4.70. The number of rotatable bonds is 5. The predicted molar refractivity (Wildman–Crippen MR) is 121 cm³/mol. The standard InChI is InChI=1S/C26H20N2O2/c29-25(27-19-11-3-1-4-12-19)23-17-9-7-15-21(23)22-16-8-10-18-24(22)26(30)28-20-13-5-2-6-14-20/h1-18H,(H,27,29)(H,28,30). The summed E-state index contributed by atoms with van der Waals surface area (Å²) in [5.41, 5.74) is 3.83. The maximum atomic E-state index is 13.0. The van der Waals surface area contributed by atoms with Crippen LogP contribution in [0.15, 0.2) is 109 Å². The second kappa shape index (κ2) is 8.88. The molecule has 0 heterocycles. The van der Waals surface area contributed by atoms with Gasteiger partial charge >= 0.3 is 0 Å². The van der Waals surface area contributed by atoms with Crippen LogP contribution in [0.25, 0.3) is 11.1 Å². The van der Waals surface area contributed by atoms with Crippen molar-refractivity contribution < 1.29 is 9.59 Å². The van der Waals surface area contributed by atoms with E-state index in [1.165, 1.54) is 0 Å². The fourth-order valence-electron chi connectivity index (χ4n) is 3.27. The summed E-state index contributed by atoms with van der Waals surface area (Å²) in [5.74, 6) is -0.454. The number of hydrogen-bond acceptors (Lipinski definition) is 2. The van der Waals surface area contributed by atoms with E-state index in [1.54, 1.807) is 12.1 Å². The molecule has 0 spiro atoms. The Bertz CT molecular complexity index is 1080. The van der Waals surface area contributed by atoms with E-state index in [4.69, 9.17) is 0 Å². The Morgan fingerprint density at radius 2 is 0.767 bits per heavy atom. The van der Waals surface area contributed by atoms with Crippen molar-refractivity contribution in [3.8, 4) is 11.1 Å². The van der Waals surface area contributed by atoms with Gasteiger partial charge in [0.1, 0.15) is 0 Å². The van der Waals surface area contributed by atoms with Gasteiger partial charge in [0.05, 0.1) is 0 Å². The molecule has 4 heteroatoms. The summed E-state index contributed by atoms with van der Waals surface area (Å²) in [5, 5.41) is 5.83. The molecule has 0 aliphatic rings. The molecule has 4 aromatic carbocycles. The summed E-state index contributed by atoms with van der Waals surface area (Å²) >= 11 is 0. The van der Waals surface area contributed by atoms with Gasteiger partial charge < -0.3 is 10.6 Å². The molecule has 2 amide bonds. The Morgan fingerprint density at radius 3 is 1.17 bits per heavy atom. The van der Waals surface area contributed by atoms with E-state index in [2.05, 4.69) is 10.6 Å². The van der Waals surface area contributed by atoms with Crippen LogP contribution in [0.5, 0.6) is 0 Å². The third kappa shape index (κ3) is 4.28. The van der Waals surface area contributed by atoms with E-state index in [0.29, 0.717) is 33.6 Å². The van der Waals surface area contributed by atoms with E-state index in [-0.39, 0.29) is 11.8 Å². The molecular weight excluding hydrogens is 372 g/mol. The first kappa shape index (κ1) is 19.2. The summed E-state index contributed by atoms with van der Waals surface area (Å²) in [4.78, 5) is 25.9. The van der Waals surface area contributed by atoms with Crippen LogP contribution in [0.4, 0.5) is 11.4 Å². The summed E-state index contributed by atoms with van der Waals surface area (Å²) in [6, 6.07) is 33.2. The highest BCUT2D eigenvalue weighted by molar-refractivity contribution is 6.13. The van der Waals surface area contributed by atoms with Gasteiger partial charge in [0.25, 0.3) is 11.8 Å². The van der Waals surface area contributed by atoms with Gasteiger partial charge in [-0.3, -0.25) is 9.59 Å². The lowest BCUT2D eigenvalue weighted by Crippen LogP contribution is -2.15. The van der Waals surface area contributed by atoms with Gasteiger partial charge in [-0.2, -0.15) is 0 Å². The summed E-state index contributed by atoms with van der Waals surface area (Å²) in [6.45, 7) is 0. The predicted octanol–water partition coefficient (Wildman–Crippen LogP) is 5.86. The van der Waals surface area contributed by atoms with Crippen molar-refractivity contribution in [2.45, 2.75) is 0 Å². The van der Waals surface area contributed by atoms with Crippen molar-refractivity contribution in [3.05, 3.63) is 120 Å². The highest BCUT2D eigenvalue weighted by atomic mass is 16.2. The minimum absolute atomic E-state index is 0.227. The molecule has 0 aliphatic carbocycles. The van der Waals surface area contributed by atoms with Crippen molar-refractivity contribution in [3.63, 3.8) is 0 Å². The highest BCUT2D eigenvalue weighted by Crippen LogP contribution is 2.28. The molecule has 0 aliphatic heterocycles. The molecule has 0 bridgehead atoms. The smallest absolute Gasteiger partial charge is 0.256 e. The molecule has 0 saturated heterocycles.